The van der Waals surface area contributed by atoms with Gasteiger partial charge in [-0.3, -0.25) is 0 Å². The maximum Gasteiger partial charge on any atom is 0.0189 e. The fraction of sp³-hybridized carbons (Fsp3) is 0.250. The fourth-order valence-electron chi connectivity index (χ4n) is 1.94. The van der Waals surface area contributed by atoms with Gasteiger partial charge in [0.2, 0.25) is 0 Å². The lowest BCUT2D eigenvalue weighted by atomic mass is 10.0. The Morgan fingerprint density at radius 3 is 1.88 bits per heavy atom. The lowest BCUT2D eigenvalue weighted by Crippen LogP contribution is -2.04. The second kappa shape index (κ2) is 6.61. The van der Waals surface area contributed by atoms with Crippen molar-refractivity contribution in [2.45, 2.75) is 24.1 Å². The molecule has 0 nitrogen and oxygen atoms in total. The molecule has 2 rings (SSSR count). The highest BCUT2D eigenvalue weighted by molar-refractivity contribution is 9.09. The largest absolute Gasteiger partial charge is 0.0887 e. The minimum atomic E-state index is 0.560. The number of halogens is 1. The number of aryl methyl sites for hydroxylation is 1. The summed E-state index contributed by atoms with van der Waals surface area (Å²) in [5.74, 6) is 0. The van der Waals surface area contributed by atoms with Crippen molar-refractivity contribution in [1.82, 2.24) is 0 Å². The quantitative estimate of drug-likeness (QED) is 0.704. The van der Waals surface area contributed by atoms with Crippen molar-refractivity contribution < 1.29 is 0 Å². The Hall–Kier alpha value is -1.08. The zero-order valence-corrected chi connectivity index (χ0v) is 11.4. The molecule has 1 atom stereocenters. The van der Waals surface area contributed by atoms with E-state index in [1.807, 2.05) is 0 Å². The molecule has 2 aromatic carbocycles. The maximum atomic E-state index is 3.77. The van der Waals surface area contributed by atoms with Gasteiger partial charge in [0.1, 0.15) is 0 Å². The second-order valence-corrected chi connectivity index (χ2v) is 5.61. The van der Waals surface area contributed by atoms with Gasteiger partial charge >= 0.3 is 0 Å². The SMILES string of the molecule is BrC(CCc1ccccc1)Cc1ccccc1. The monoisotopic (exact) mass is 288 g/mol. The third kappa shape index (κ3) is 4.35. The van der Waals surface area contributed by atoms with Crippen LogP contribution in [-0.4, -0.2) is 4.83 Å². The Bertz CT molecular complexity index is 422. The first-order chi connectivity index (χ1) is 8.34. The Kier molecular flexibility index (Phi) is 4.81. The van der Waals surface area contributed by atoms with E-state index < -0.39 is 0 Å². The summed E-state index contributed by atoms with van der Waals surface area (Å²) in [5, 5.41) is 0. The Morgan fingerprint density at radius 2 is 1.29 bits per heavy atom. The van der Waals surface area contributed by atoms with E-state index in [9.17, 15) is 0 Å². The van der Waals surface area contributed by atoms with Crippen molar-refractivity contribution >= 4 is 15.9 Å². The van der Waals surface area contributed by atoms with E-state index >= 15 is 0 Å². The van der Waals surface area contributed by atoms with E-state index in [4.69, 9.17) is 0 Å². The summed E-state index contributed by atoms with van der Waals surface area (Å²) in [6.45, 7) is 0. The third-order valence-corrected chi connectivity index (χ3v) is 3.67. The smallest absolute Gasteiger partial charge is 0.0189 e. The Labute approximate surface area is 112 Å². The zero-order chi connectivity index (χ0) is 11.9. The lowest BCUT2D eigenvalue weighted by molar-refractivity contribution is 0.763. The molecule has 0 saturated heterocycles. The molecule has 2 aromatic rings. The van der Waals surface area contributed by atoms with Gasteiger partial charge in [-0.25, -0.2) is 0 Å². The van der Waals surface area contributed by atoms with Gasteiger partial charge in [-0.1, -0.05) is 76.6 Å². The van der Waals surface area contributed by atoms with E-state index in [0.717, 1.165) is 12.8 Å². The highest BCUT2D eigenvalue weighted by Crippen LogP contribution is 2.16. The highest BCUT2D eigenvalue weighted by atomic mass is 79.9. The third-order valence-electron chi connectivity index (χ3n) is 2.89. The molecule has 0 saturated carbocycles. The van der Waals surface area contributed by atoms with Crippen LogP contribution in [0.3, 0.4) is 0 Å². The van der Waals surface area contributed by atoms with Crippen LogP contribution in [0.15, 0.2) is 60.7 Å². The van der Waals surface area contributed by atoms with Crippen LogP contribution in [-0.2, 0) is 12.8 Å². The van der Waals surface area contributed by atoms with Crippen molar-refractivity contribution in [2.24, 2.45) is 0 Å². The first-order valence-electron chi connectivity index (χ1n) is 6.06. The summed E-state index contributed by atoms with van der Waals surface area (Å²) < 4.78 is 0. The van der Waals surface area contributed by atoms with Crippen LogP contribution in [0.5, 0.6) is 0 Å². The molecule has 0 fully saturated rings. The van der Waals surface area contributed by atoms with Crippen molar-refractivity contribution in [3.8, 4) is 0 Å². The molecule has 0 radical (unpaired) electrons. The van der Waals surface area contributed by atoms with Gasteiger partial charge in [-0.15, -0.1) is 0 Å². The average molecular weight is 289 g/mol. The summed E-state index contributed by atoms with van der Waals surface area (Å²) in [6.07, 6.45) is 3.43. The number of hydrogen-bond acceptors (Lipinski definition) is 0. The predicted octanol–water partition coefficient (Wildman–Crippen LogP) is 4.63. The predicted molar refractivity (Wildman–Crippen MR) is 77.6 cm³/mol. The van der Waals surface area contributed by atoms with Gasteiger partial charge in [0.05, 0.1) is 0 Å². The number of rotatable bonds is 5. The van der Waals surface area contributed by atoms with E-state index in [0.29, 0.717) is 4.83 Å². The van der Waals surface area contributed by atoms with Gasteiger partial charge in [0, 0.05) is 4.83 Å². The molecule has 0 aromatic heterocycles. The normalized spacial score (nSPS) is 12.3. The summed E-state index contributed by atoms with van der Waals surface area (Å²) in [7, 11) is 0. The number of alkyl halides is 1. The second-order valence-electron chi connectivity index (χ2n) is 4.31. The van der Waals surface area contributed by atoms with E-state index in [-0.39, 0.29) is 0 Å². The van der Waals surface area contributed by atoms with E-state index in [1.54, 1.807) is 0 Å². The standard InChI is InChI=1S/C16H17Br/c17-16(13-15-9-5-2-6-10-15)12-11-14-7-3-1-4-8-14/h1-10,16H,11-13H2. The molecule has 17 heavy (non-hydrogen) atoms. The van der Waals surface area contributed by atoms with Crippen LogP contribution in [0.25, 0.3) is 0 Å². The molecule has 0 aliphatic carbocycles. The van der Waals surface area contributed by atoms with E-state index in [2.05, 4.69) is 76.6 Å². The molecule has 88 valence electrons. The summed E-state index contributed by atoms with van der Waals surface area (Å²) in [4.78, 5) is 0.560. The van der Waals surface area contributed by atoms with E-state index in [1.165, 1.54) is 17.5 Å². The van der Waals surface area contributed by atoms with Gasteiger partial charge in [-0.05, 0) is 30.4 Å². The minimum absolute atomic E-state index is 0.560. The van der Waals surface area contributed by atoms with Crippen LogP contribution in [0.2, 0.25) is 0 Å². The maximum absolute atomic E-state index is 3.77. The first-order valence-corrected chi connectivity index (χ1v) is 6.98. The molecule has 1 unspecified atom stereocenters. The Morgan fingerprint density at radius 1 is 0.765 bits per heavy atom. The lowest BCUT2D eigenvalue weighted by Gasteiger charge is -2.09. The molecule has 0 bridgehead atoms. The van der Waals surface area contributed by atoms with Crippen molar-refractivity contribution in [3.63, 3.8) is 0 Å². The van der Waals surface area contributed by atoms with Crippen molar-refractivity contribution in [2.75, 3.05) is 0 Å². The molecule has 0 aliphatic rings. The summed E-state index contributed by atoms with van der Waals surface area (Å²) in [5.41, 5.74) is 2.83. The van der Waals surface area contributed by atoms with Crippen molar-refractivity contribution in [1.29, 1.82) is 0 Å². The molecule has 1 heteroatoms. The van der Waals surface area contributed by atoms with Gasteiger partial charge in [0.15, 0.2) is 0 Å². The first kappa shape index (κ1) is 12.4. The topological polar surface area (TPSA) is 0 Å². The molecular formula is C16H17Br. The molecule has 0 amide bonds. The van der Waals surface area contributed by atoms with Crippen LogP contribution in [0.1, 0.15) is 17.5 Å². The van der Waals surface area contributed by atoms with Gasteiger partial charge in [-0.2, -0.15) is 0 Å². The molecule has 0 heterocycles. The van der Waals surface area contributed by atoms with Crippen LogP contribution >= 0.6 is 15.9 Å². The molecule has 0 spiro atoms. The number of benzene rings is 2. The molecule has 0 N–H and O–H groups in total. The van der Waals surface area contributed by atoms with Crippen LogP contribution in [0, 0.1) is 0 Å². The van der Waals surface area contributed by atoms with Crippen molar-refractivity contribution in [3.05, 3.63) is 71.8 Å². The van der Waals surface area contributed by atoms with Crippen LogP contribution < -0.4 is 0 Å². The highest BCUT2D eigenvalue weighted by Gasteiger charge is 2.05. The van der Waals surface area contributed by atoms with Gasteiger partial charge in [0.25, 0.3) is 0 Å². The number of hydrogen-bond donors (Lipinski definition) is 0. The molecular weight excluding hydrogens is 272 g/mol. The average Bonchev–Trinajstić information content (AvgIpc) is 2.39. The zero-order valence-electron chi connectivity index (χ0n) is 9.85. The summed E-state index contributed by atoms with van der Waals surface area (Å²) >= 11 is 3.77. The minimum Gasteiger partial charge on any atom is -0.0887 e. The van der Waals surface area contributed by atoms with Crippen LogP contribution in [0.4, 0.5) is 0 Å². The van der Waals surface area contributed by atoms with Gasteiger partial charge < -0.3 is 0 Å². The summed E-state index contributed by atoms with van der Waals surface area (Å²) in [6, 6.07) is 21.3. The molecule has 0 aliphatic heterocycles. The Balaban J connectivity index is 1.80. The fourth-order valence-corrected chi connectivity index (χ4v) is 2.54.